The fourth-order valence-corrected chi connectivity index (χ4v) is 2.32. The first-order valence-electron chi connectivity index (χ1n) is 7.13. The molecule has 0 saturated heterocycles. The highest BCUT2D eigenvalue weighted by Crippen LogP contribution is 2.25. The maximum atomic E-state index is 9.64. The van der Waals surface area contributed by atoms with E-state index in [1.807, 2.05) is 24.3 Å². The molecule has 2 rings (SSSR count). The highest BCUT2D eigenvalue weighted by molar-refractivity contribution is 6.30. The third-order valence-corrected chi connectivity index (χ3v) is 3.80. The van der Waals surface area contributed by atoms with Gasteiger partial charge in [0, 0.05) is 10.7 Å². The molecule has 2 nitrogen and oxygen atoms in total. The van der Waals surface area contributed by atoms with Gasteiger partial charge in [-0.05, 0) is 40.8 Å². The summed E-state index contributed by atoms with van der Waals surface area (Å²) in [5.74, 6) is 0. The molecular formula is C18H22ClNO. The number of hydrogen-bond acceptors (Lipinski definition) is 2. The molecule has 2 N–H and O–H groups in total. The molecule has 0 aliphatic heterocycles. The number of halogens is 1. The Morgan fingerprint density at radius 1 is 1.00 bits per heavy atom. The Labute approximate surface area is 131 Å². The van der Waals surface area contributed by atoms with Gasteiger partial charge in [0.05, 0.1) is 12.6 Å². The Kier molecular flexibility index (Phi) is 4.92. The van der Waals surface area contributed by atoms with E-state index < -0.39 is 0 Å². The Morgan fingerprint density at radius 2 is 1.57 bits per heavy atom. The van der Waals surface area contributed by atoms with Crippen LogP contribution in [0.25, 0.3) is 0 Å². The van der Waals surface area contributed by atoms with Crippen LogP contribution in [0.5, 0.6) is 0 Å². The Balaban J connectivity index is 2.15. The lowest BCUT2D eigenvalue weighted by Gasteiger charge is -2.22. The molecule has 0 aromatic heterocycles. The normalized spacial score (nSPS) is 13.0. The summed E-state index contributed by atoms with van der Waals surface area (Å²) < 4.78 is 0. The SMILES string of the molecule is CC(C)(C)c1ccc(C(CO)Nc2ccc(Cl)cc2)cc1. The number of aliphatic hydroxyl groups excluding tert-OH is 1. The van der Waals surface area contributed by atoms with E-state index in [1.165, 1.54) is 5.56 Å². The Morgan fingerprint density at radius 3 is 2.05 bits per heavy atom. The second-order valence-electron chi connectivity index (χ2n) is 6.26. The van der Waals surface area contributed by atoms with E-state index in [4.69, 9.17) is 11.6 Å². The largest absolute Gasteiger partial charge is 0.394 e. The summed E-state index contributed by atoms with van der Waals surface area (Å²) in [6, 6.07) is 15.8. The summed E-state index contributed by atoms with van der Waals surface area (Å²) in [5, 5.41) is 13.7. The van der Waals surface area contributed by atoms with E-state index in [-0.39, 0.29) is 18.1 Å². The molecule has 0 heterocycles. The first kappa shape index (κ1) is 15.9. The molecule has 0 aliphatic rings. The average Bonchev–Trinajstić information content (AvgIpc) is 2.46. The fourth-order valence-electron chi connectivity index (χ4n) is 2.20. The quantitative estimate of drug-likeness (QED) is 0.851. The van der Waals surface area contributed by atoms with E-state index in [9.17, 15) is 5.11 Å². The minimum atomic E-state index is -0.125. The van der Waals surface area contributed by atoms with Crippen molar-refractivity contribution in [2.24, 2.45) is 0 Å². The maximum Gasteiger partial charge on any atom is 0.0745 e. The number of benzene rings is 2. The van der Waals surface area contributed by atoms with Crippen LogP contribution in [0.3, 0.4) is 0 Å². The minimum Gasteiger partial charge on any atom is -0.394 e. The van der Waals surface area contributed by atoms with Gasteiger partial charge in [0.2, 0.25) is 0 Å². The van der Waals surface area contributed by atoms with Gasteiger partial charge < -0.3 is 10.4 Å². The molecule has 0 fully saturated rings. The van der Waals surface area contributed by atoms with Crippen molar-refractivity contribution in [1.82, 2.24) is 0 Å². The topological polar surface area (TPSA) is 32.3 Å². The summed E-state index contributed by atoms with van der Waals surface area (Å²) >= 11 is 5.88. The lowest BCUT2D eigenvalue weighted by molar-refractivity contribution is 0.276. The van der Waals surface area contributed by atoms with Gasteiger partial charge >= 0.3 is 0 Å². The summed E-state index contributed by atoms with van der Waals surface area (Å²) in [6.45, 7) is 6.62. The zero-order chi connectivity index (χ0) is 15.5. The molecule has 3 heteroatoms. The zero-order valence-corrected chi connectivity index (χ0v) is 13.5. The Hall–Kier alpha value is -1.51. The smallest absolute Gasteiger partial charge is 0.0745 e. The highest BCUT2D eigenvalue weighted by Gasteiger charge is 2.15. The lowest BCUT2D eigenvalue weighted by Crippen LogP contribution is -2.16. The van der Waals surface area contributed by atoms with Crippen molar-refractivity contribution >= 4 is 17.3 Å². The molecule has 0 aliphatic carbocycles. The first-order chi connectivity index (χ1) is 9.90. The summed E-state index contributed by atoms with van der Waals surface area (Å²) in [6.07, 6.45) is 0. The van der Waals surface area contributed by atoms with E-state index >= 15 is 0 Å². The van der Waals surface area contributed by atoms with Gasteiger partial charge in [-0.15, -0.1) is 0 Å². The van der Waals surface area contributed by atoms with Gasteiger partial charge in [-0.25, -0.2) is 0 Å². The second-order valence-corrected chi connectivity index (χ2v) is 6.69. The molecule has 1 unspecified atom stereocenters. The number of nitrogens with one attached hydrogen (secondary N) is 1. The number of hydrogen-bond donors (Lipinski definition) is 2. The average molecular weight is 304 g/mol. The number of rotatable bonds is 4. The second kappa shape index (κ2) is 6.50. The molecule has 1 atom stereocenters. The third-order valence-electron chi connectivity index (χ3n) is 3.55. The molecule has 0 radical (unpaired) electrons. The van der Waals surface area contributed by atoms with E-state index in [2.05, 4.69) is 50.4 Å². The molecule has 0 saturated carbocycles. The van der Waals surface area contributed by atoms with Crippen LogP contribution in [0, 0.1) is 0 Å². The van der Waals surface area contributed by atoms with E-state index in [0.717, 1.165) is 11.3 Å². The van der Waals surface area contributed by atoms with Gasteiger partial charge in [0.1, 0.15) is 0 Å². The van der Waals surface area contributed by atoms with Crippen LogP contribution in [-0.2, 0) is 5.41 Å². The van der Waals surface area contributed by atoms with E-state index in [1.54, 1.807) is 0 Å². The van der Waals surface area contributed by atoms with Crippen LogP contribution in [-0.4, -0.2) is 11.7 Å². The van der Waals surface area contributed by atoms with Gasteiger partial charge in [-0.1, -0.05) is 56.6 Å². The molecule has 0 amide bonds. The molecule has 2 aromatic rings. The summed E-state index contributed by atoms with van der Waals surface area (Å²) in [7, 11) is 0. The van der Waals surface area contributed by atoms with Crippen molar-refractivity contribution in [3.05, 3.63) is 64.7 Å². The number of anilines is 1. The van der Waals surface area contributed by atoms with Crippen molar-refractivity contribution in [2.45, 2.75) is 32.2 Å². The standard InChI is InChI=1S/C18H22ClNO/c1-18(2,3)14-6-4-13(5-7-14)17(12-21)20-16-10-8-15(19)9-11-16/h4-11,17,20-21H,12H2,1-3H3. The third kappa shape index (κ3) is 4.23. The highest BCUT2D eigenvalue weighted by atomic mass is 35.5. The molecule has 2 aromatic carbocycles. The van der Waals surface area contributed by atoms with Crippen molar-refractivity contribution in [2.75, 3.05) is 11.9 Å². The predicted molar refractivity (Wildman–Crippen MR) is 90.0 cm³/mol. The van der Waals surface area contributed by atoms with Crippen LogP contribution in [0.15, 0.2) is 48.5 Å². The monoisotopic (exact) mass is 303 g/mol. The molecule has 0 bridgehead atoms. The first-order valence-corrected chi connectivity index (χ1v) is 7.51. The fraction of sp³-hybridized carbons (Fsp3) is 0.333. The predicted octanol–water partition coefficient (Wildman–Crippen LogP) is 4.78. The number of aliphatic hydroxyl groups is 1. The van der Waals surface area contributed by atoms with Crippen LogP contribution in [0.4, 0.5) is 5.69 Å². The molecule has 0 spiro atoms. The Bertz CT molecular complexity index is 570. The van der Waals surface area contributed by atoms with E-state index in [0.29, 0.717) is 5.02 Å². The van der Waals surface area contributed by atoms with Crippen LogP contribution in [0.1, 0.15) is 37.9 Å². The van der Waals surface area contributed by atoms with Gasteiger partial charge in [-0.2, -0.15) is 0 Å². The van der Waals surface area contributed by atoms with Gasteiger partial charge in [-0.3, -0.25) is 0 Å². The molecular weight excluding hydrogens is 282 g/mol. The van der Waals surface area contributed by atoms with Crippen molar-refractivity contribution in [3.8, 4) is 0 Å². The van der Waals surface area contributed by atoms with Gasteiger partial charge in [0.15, 0.2) is 0 Å². The van der Waals surface area contributed by atoms with Crippen molar-refractivity contribution < 1.29 is 5.11 Å². The maximum absolute atomic E-state index is 9.64. The van der Waals surface area contributed by atoms with Crippen LogP contribution >= 0.6 is 11.6 Å². The summed E-state index contributed by atoms with van der Waals surface area (Å²) in [4.78, 5) is 0. The lowest BCUT2D eigenvalue weighted by atomic mass is 9.86. The molecule has 112 valence electrons. The molecule has 21 heavy (non-hydrogen) atoms. The van der Waals surface area contributed by atoms with Crippen molar-refractivity contribution in [1.29, 1.82) is 0 Å². The van der Waals surface area contributed by atoms with Crippen LogP contribution < -0.4 is 5.32 Å². The zero-order valence-electron chi connectivity index (χ0n) is 12.7. The summed E-state index contributed by atoms with van der Waals surface area (Å²) in [5.41, 5.74) is 3.44. The van der Waals surface area contributed by atoms with Crippen molar-refractivity contribution in [3.63, 3.8) is 0 Å². The van der Waals surface area contributed by atoms with Gasteiger partial charge in [0.25, 0.3) is 0 Å². The van der Waals surface area contributed by atoms with Crippen LogP contribution in [0.2, 0.25) is 5.02 Å². The minimum absolute atomic E-state index is 0.0392.